The van der Waals surface area contributed by atoms with Gasteiger partial charge < -0.3 is 19.6 Å². The number of hydrogen-bond acceptors (Lipinski definition) is 4. The number of hydrogen-bond donors (Lipinski definition) is 2. The molecule has 2 aromatic heterocycles. The lowest BCUT2D eigenvalue weighted by Crippen LogP contribution is -2.07. The maximum absolute atomic E-state index is 13.1. The quantitative estimate of drug-likeness (QED) is 0.522. The van der Waals surface area contributed by atoms with Gasteiger partial charge in [0.05, 0.1) is 23.8 Å². The number of aromatic nitrogens is 2. The highest BCUT2D eigenvalue weighted by molar-refractivity contribution is 6.13. The topological polar surface area (TPSA) is 84.4 Å². The van der Waals surface area contributed by atoms with E-state index >= 15 is 0 Å². The fraction of sp³-hybridized carbons (Fsp3) is 0.143. The number of nitrogens with zero attached hydrogens (tertiary/aromatic N) is 1. The molecule has 4 aromatic rings. The fourth-order valence-electron chi connectivity index (χ4n) is 3.30. The maximum Gasteiger partial charge on any atom is 0.354 e. The van der Waals surface area contributed by atoms with Gasteiger partial charge in [-0.2, -0.15) is 0 Å². The average molecular weight is 380 g/mol. The summed E-state index contributed by atoms with van der Waals surface area (Å²) in [5.74, 6) is -0.832. The van der Waals surface area contributed by atoms with Crippen molar-refractivity contribution in [1.82, 2.24) is 9.97 Å². The number of methoxy groups -OCH3 is 1. The van der Waals surface area contributed by atoms with Crippen molar-refractivity contribution >= 4 is 27.8 Å². The van der Waals surface area contributed by atoms with Gasteiger partial charge in [-0.05, 0) is 29.8 Å². The highest BCUT2D eigenvalue weighted by atomic mass is 19.1. The number of carboxylic acid groups (broad SMARTS) is 1. The van der Waals surface area contributed by atoms with Crippen LogP contribution in [0.3, 0.4) is 0 Å². The molecule has 0 aliphatic heterocycles. The lowest BCUT2D eigenvalue weighted by atomic mass is 10.1. The first-order valence-corrected chi connectivity index (χ1v) is 8.60. The van der Waals surface area contributed by atoms with Crippen LogP contribution < -0.4 is 4.74 Å². The molecule has 142 valence electrons. The van der Waals surface area contributed by atoms with Crippen molar-refractivity contribution in [1.29, 1.82) is 0 Å². The van der Waals surface area contributed by atoms with Gasteiger partial charge in [0.1, 0.15) is 18.2 Å². The molecule has 2 heterocycles. The third-order valence-electron chi connectivity index (χ3n) is 4.52. The Labute approximate surface area is 159 Å². The molecule has 0 atom stereocenters. The molecule has 4 rings (SSSR count). The highest BCUT2D eigenvalue weighted by Crippen LogP contribution is 2.36. The van der Waals surface area contributed by atoms with Gasteiger partial charge in [-0.3, -0.25) is 0 Å². The van der Waals surface area contributed by atoms with Crippen molar-refractivity contribution in [2.45, 2.75) is 13.2 Å². The molecule has 0 amide bonds. The molecular formula is C21H17FN2O4. The molecule has 0 saturated heterocycles. The van der Waals surface area contributed by atoms with Crippen molar-refractivity contribution in [3.05, 3.63) is 71.3 Å². The zero-order chi connectivity index (χ0) is 19.7. The third-order valence-corrected chi connectivity index (χ3v) is 4.52. The van der Waals surface area contributed by atoms with Crippen LogP contribution in [-0.4, -0.2) is 28.2 Å². The number of fused-ring (bicyclic) bond motifs is 3. The number of ether oxygens (including phenoxy) is 2. The summed E-state index contributed by atoms with van der Waals surface area (Å²) >= 11 is 0. The molecule has 28 heavy (non-hydrogen) atoms. The normalized spacial score (nSPS) is 11.2. The summed E-state index contributed by atoms with van der Waals surface area (Å²) in [6.45, 7) is 0.355. The third kappa shape index (κ3) is 3.16. The molecule has 0 aliphatic rings. The Kier molecular flexibility index (Phi) is 4.67. The van der Waals surface area contributed by atoms with Crippen molar-refractivity contribution in [2.75, 3.05) is 7.11 Å². The van der Waals surface area contributed by atoms with Crippen molar-refractivity contribution in [2.24, 2.45) is 0 Å². The van der Waals surface area contributed by atoms with Gasteiger partial charge in [0.2, 0.25) is 0 Å². The second kappa shape index (κ2) is 7.28. The van der Waals surface area contributed by atoms with Crippen LogP contribution in [0.25, 0.3) is 21.8 Å². The predicted octanol–water partition coefficient (Wildman–Crippen LogP) is 4.28. The minimum atomic E-state index is -1.12. The molecule has 0 fully saturated rings. The average Bonchev–Trinajstić information content (AvgIpc) is 3.07. The van der Waals surface area contributed by atoms with Gasteiger partial charge in [-0.15, -0.1) is 0 Å². The number of aromatic carboxylic acids is 1. The Morgan fingerprint density at radius 1 is 1.11 bits per heavy atom. The number of benzene rings is 2. The number of H-pyrrole nitrogens is 1. The molecule has 0 bridgehead atoms. The van der Waals surface area contributed by atoms with Crippen LogP contribution in [-0.2, 0) is 18.0 Å². The van der Waals surface area contributed by atoms with E-state index in [1.54, 1.807) is 12.1 Å². The summed E-state index contributed by atoms with van der Waals surface area (Å²) in [5.41, 5.74) is 2.75. The van der Waals surface area contributed by atoms with Crippen LogP contribution in [0.4, 0.5) is 4.39 Å². The predicted molar refractivity (Wildman–Crippen MR) is 102 cm³/mol. The molecule has 7 heteroatoms. The van der Waals surface area contributed by atoms with Crippen LogP contribution in [0.2, 0.25) is 0 Å². The first kappa shape index (κ1) is 17.9. The van der Waals surface area contributed by atoms with Crippen molar-refractivity contribution < 1.29 is 23.8 Å². The van der Waals surface area contributed by atoms with Gasteiger partial charge in [-0.1, -0.05) is 18.2 Å². The van der Waals surface area contributed by atoms with Gasteiger partial charge >= 0.3 is 5.97 Å². The smallest absolute Gasteiger partial charge is 0.354 e. The number of aromatic amines is 1. The van der Waals surface area contributed by atoms with Crippen LogP contribution in [0.1, 0.15) is 21.6 Å². The van der Waals surface area contributed by atoms with E-state index in [4.69, 9.17) is 9.47 Å². The Bertz CT molecular complexity index is 1170. The number of pyridine rings is 1. The van der Waals surface area contributed by atoms with E-state index in [0.717, 1.165) is 16.5 Å². The maximum atomic E-state index is 13.1. The standard InChI is InChI=1S/C21H17FN2O4/c1-27-11-14-18-16(9-23-20(14)21(25)26)24-15-3-2-4-17(19(15)18)28-10-12-5-7-13(22)8-6-12/h2-9,24H,10-11H2,1H3,(H,25,26). The van der Waals surface area contributed by atoms with E-state index in [1.807, 2.05) is 18.2 Å². The summed E-state index contributed by atoms with van der Waals surface area (Å²) in [5, 5.41) is 11.0. The highest BCUT2D eigenvalue weighted by Gasteiger charge is 2.20. The van der Waals surface area contributed by atoms with E-state index in [-0.39, 0.29) is 24.7 Å². The molecule has 2 aromatic carbocycles. The van der Waals surface area contributed by atoms with Crippen LogP contribution in [0.15, 0.2) is 48.7 Å². The largest absolute Gasteiger partial charge is 0.488 e. The summed E-state index contributed by atoms with van der Waals surface area (Å²) < 4.78 is 24.3. The summed E-state index contributed by atoms with van der Waals surface area (Å²) in [6, 6.07) is 11.6. The second-order valence-corrected chi connectivity index (χ2v) is 6.33. The van der Waals surface area contributed by atoms with E-state index in [2.05, 4.69) is 9.97 Å². The number of halogens is 1. The van der Waals surface area contributed by atoms with Gasteiger partial charge in [-0.25, -0.2) is 14.2 Å². The fourth-order valence-corrected chi connectivity index (χ4v) is 3.30. The van der Waals surface area contributed by atoms with E-state index in [0.29, 0.717) is 22.2 Å². The monoisotopic (exact) mass is 380 g/mol. The lowest BCUT2D eigenvalue weighted by molar-refractivity contribution is 0.0685. The van der Waals surface area contributed by atoms with Gasteiger partial charge in [0.15, 0.2) is 5.69 Å². The molecule has 2 N–H and O–H groups in total. The number of nitrogens with one attached hydrogen (secondary N) is 1. The van der Waals surface area contributed by atoms with Gasteiger partial charge in [0, 0.05) is 23.4 Å². The Morgan fingerprint density at radius 3 is 2.61 bits per heavy atom. The molecule has 0 aliphatic carbocycles. The van der Waals surface area contributed by atoms with Crippen LogP contribution in [0, 0.1) is 5.82 Å². The Hall–Kier alpha value is -3.45. The molecule has 0 radical (unpaired) electrons. The summed E-state index contributed by atoms with van der Waals surface area (Å²) in [6.07, 6.45) is 1.50. The zero-order valence-electron chi connectivity index (χ0n) is 15.0. The molecular weight excluding hydrogens is 363 g/mol. The van der Waals surface area contributed by atoms with Crippen LogP contribution in [0.5, 0.6) is 5.75 Å². The first-order chi connectivity index (χ1) is 13.6. The Morgan fingerprint density at radius 2 is 1.89 bits per heavy atom. The second-order valence-electron chi connectivity index (χ2n) is 6.33. The minimum absolute atomic E-state index is 0.0522. The van der Waals surface area contributed by atoms with Gasteiger partial charge in [0.25, 0.3) is 0 Å². The molecule has 6 nitrogen and oxygen atoms in total. The molecule has 0 unspecified atom stereocenters. The van der Waals surface area contributed by atoms with Crippen molar-refractivity contribution in [3.63, 3.8) is 0 Å². The lowest BCUT2D eigenvalue weighted by Gasteiger charge is -2.10. The Balaban J connectivity index is 1.85. The first-order valence-electron chi connectivity index (χ1n) is 8.60. The molecule has 0 saturated carbocycles. The summed E-state index contributed by atoms with van der Waals surface area (Å²) in [4.78, 5) is 18.9. The zero-order valence-corrected chi connectivity index (χ0v) is 15.0. The SMILES string of the molecule is COCc1c(C(=O)O)ncc2[nH]c3cccc(OCc4ccc(F)cc4)c3c12. The van der Waals surface area contributed by atoms with E-state index in [9.17, 15) is 14.3 Å². The van der Waals surface area contributed by atoms with Crippen LogP contribution >= 0.6 is 0 Å². The number of carboxylic acids is 1. The van der Waals surface area contributed by atoms with E-state index < -0.39 is 5.97 Å². The number of carbonyl (C=O) groups is 1. The minimum Gasteiger partial charge on any atom is -0.488 e. The molecule has 0 spiro atoms. The van der Waals surface area contributed by atoms with Crippen molar-refractivity contribution in [3.8, 4) is 5.75 Å². The number of rotatable bonds is 6. The van der Waals surface area contributed by atoms with E-state index in [1.165, 1.54) is 25.4 Å². The summed E-state index contributed by atoms with van der Waals surface area (Å²) in [7, 11) is 1.51.